The van der Waals surface area contributed by atoms with E-state index in [1.54, 1.807) is 0 Å². The fourth-order valence-electron chi connectivity index (χ4n) is 2.46. The largest absolute Gasteiger partial charge is 0.299 e. The summed E-state index contributed by atoms with van der Waals surface area (Å²) >= 11 is 12.5. The monoisotopic (exact) mass is 271 g/mol. The van der Waals surface area contributed by atoms with E-state index in [-0.39, 0.29) is 0 Å². The molecule has 1 saturated heterocycles. The zero-order valence-corrected chi connectivity index (χ0v) is 11.8. The molecule has 0 aromatic heterocycles. The Hall–Kier alpha value is -0.240. The van der Waals surface area contributed by atoms with E-state index in [9.17, 15) is 0 Å². The first kappa shape index (κ1) is 13.2. The third-order valence-electron chi connectivity index (χ3n) is 3.41. The average Bonchev–Trinajstić information content (AvgIpc) is 2.30. The van der Waals surface area contributed by atoms with Gasteiger partial charge in [0.2, 0.25) is 0 Å². The van der Waals surface area contributed by atoms with Crippen LogP contribution in [0.5, 0.6) is 0 Å². The van der Waals surface area contributed by atoms with Crippen molar-refractivity contribution in [2.24, 2.45) is 0 Å². The summed E-state index contributed by atoms with van der Waals surface area (Å²) in [6, 6.07) is 4.14. The molecule has 1 aromatic carbocycles. The van der Waals surface area contributed by atoms with Gasteiger partial charge in [-0.2, -0.15) is 0 Å². The lowest BCUT2D eigenvalue weighted by Crippen LogP contribution is -2.29. The molecule has 0 radical (unpaired) electrons. The number of benzene rings is 1. The van der Waals surface area contributed by atoms with Crippen LogP contribution in [-0.2, 0) is 13.0 Å². The zero-order chi connectivity index (χ0) is 12.3. The van der Waals surface area contributed by atoms with Gasteiger partial charge in [0.25, 0.3) is 0 Å². The van der Waals surface area contributed by atoms with Gasteiger partial charge in [-0.25, -0.2) is 0 Å². The van der Waals surface area contributed by atoms with E-state index in [0.29, 0.717) is 0 Å². The summed E-state index contributed by atoms with van der Waals surface area (Å²) in [6.07, 6.45) is 4.89. The van der Waals surface area contributed by atoms with Crippen LogP contribution >= 0.6 is 23.2 Å². The molecular formula is C14H19Cl2N. The molecule has 0 saturated carbocycles. The van der Waals surface area contributed by atoms with Crippen molar-refractivity contribution in [1.82, 2.24) is 4.90 Å². The van der Waals surface area contributed by atoms with Gasteiger partial charge in [-0.05, 0) is 55.6 Å². The second-order valence-corrected chi connectivity index (χ2v) is 5.54. The van der Waals surface area contributed by atoms with Gasteiger partial charge >= 0.3 is 0 Å². The topological polar surface area (TPSA) is 3.24 Å². The van der Waals surface area contributed by atoms with Crippen LogP contribution in [0.3, 0.4) is 0 Å². The SMILES string of the molecule is CCc1c(Cl)cc(CN2CCCCC2)cc1Cl. The molecule has 0 unspecified atom stereocenters. The normalized spacial score (nSPS) is 17.4. The van der Waals surface area contributed by atoms with Crippen molar-refractivity contribution < 1.29 is 0 Å². The van der Waals surface area contributed by atoms with Crippen molar-refractivity contribution in [2.75, 3.05) is 13.1 Å². The van der Waals surface area contributed by atoms with E-state index in [2.05, 4.69) is 24.0 Å². The van der Waals surface area contributed by atoms with E-state index in [1.807, 2.05) is 0 Å². The second kappa shape index (κ2) is 6.08. The minimum atomic E-state index is 0.812. The fourth-order valence-corrected chi connectivity index (χ4v) is 3.26. The van der Waals surface area contributed by atoms with Crippen LogP contribution in [0, 0.1) is 0 Å². The molecule has 0 atom stereocenters. The zero-order valence-electron chi connectivity index (χ0n) is 10.3. The van der Waals surface area contributed by atoms with Crippen LogP contribution in [0.4, 0.5) is 0 Å². The molecule has 1 fully saturated rings. The Balaban J connectivity index is 2.10. The minimum Gasteiger partial charge on any atom is -0.299 e. The third kappa shape index (κ3) is 3.37. The minimum absolute atomic E-state index is 0.812. The molecule has 1 heterocycles. The maximum absolute atomic E-state index is 6.25. The maximum Gasteiger partial charge on any atom is 0.0455 e. The number of piperidine rings is 1. The van der Waals surface area contributed by atoms with Crippen molar-refractivity contribution in [3.63, 3.8) is 0 Å². The Kier molecular flexibility index (Phi) is 4.72. The van der Waals surface area contributed by atoms with Gasteiger partial charge in [0, 0.05) is 16.6 Å². The number of halogens is 2. The van der Waals surface area contributed by atoms with Crippen LogP contribution < -0.4 is 0 Å². The van der Waals surface area contributed by atoms with Crippen LogP contribution in [0.2, 0.25) is 10.0 Å². The summed E-state index contributed by atoms with van der Waals surface area (Å²) in [5, 5.41) is 1.62. The smallest absolute Gasteiger partial charge is 0.0455 e. The quantitative estimate of drug-likeness (QED) is 0.780. The van der Waals surface area contributed by atoms with Gasteiger partial charge in [0.1, 0.15) is 0 Å². The van der Waals surface area contributed by atoms with Gasteiger partial charge in [-0.1, -0.05) is 36.5 Å². The van der Waals surface area contributed by atoms with E-state index >= 15 is 0 Å². The lowest BCUT2D eigenvalue weighted by atomic mass is 10.1. The molecular weight excluding hydrogens is 253 g/mol. The fraction of sp³-hybridized carbons (Fsp3) is 0.571. The van der Waals surface area contributed by atoms with Crippen molar-refractivity contribution in [2.45, 2.75) is 39.2 Å². The van der Waals surface area contributed by atoms with Crippen molar-refractivity contribution >= 4 is 23.2 Å². The Morgan fingerprint density at radius 2 is 1.65 bits per heavy atom. The number of hydrogen-bond donors (Lipinski definition) is 0. The lowest BCUT2D eigenvalue weighted by Gasteiger charge is -2.26. The molecule has 17 heavy (non-hydrogen) atoms. The van der Waals surface area contributed by atoms with Gasteiger partial charge in [0.15, 0.2) is 0 Å². The molecule has 1 aliphatic rings. The Morgan fingerprint density at radius 3 is 2.18 bits per heavy atom. The third-order valence-corrected chi connectivity index (χ3v) is 4.08. The molecule has 94 valence electrons. The highest BCUT2D eigenvalue weighted by Gasteiger charge is 2.12. The van der Waals surface area contributed by atoms with Crippen molar-refractivity contribution in [3.05, 3.63) is 33.3 Å². The average molecular weight is 272 g/mol. The van der Waals surface area contributed by atoms with E-state index in [0.717, 1.165) is 28.6 Å². The molecule has 1 nitrogen and oxygen atoms in total. The molecule has 0 aliphatic carbocycles. The van der Waals surface area contributed by atoms with E-state index in [1.165, 1.54) is 37.9 Å². The summed E-state index contributed by atoms with van der Waals surface area (Å²) in [6.45, 7) is 5.45. The first-order valence-corrected chi connectivity index (χ1v) is 7.15. The molecule has 0 spiro atoms. The Labute approximate surface area is 114 Å². The van der Waals surface area contributed by atoms with Crippen LogP contribution in [-0.4, -0.2) is 18.0 Å². The number of hydrogen-bond acceptors (Lipinski definition) is 1. The first-order valence-electron chi connectivity index (χ1n) is 6.40. The van der Waals surface area contributed by atoms with Gasteiger partial charge < -0.3 is 0 Å². The summed E-state index contributed by atoms with van der Waals surface area (Å²) in [7, 11) is 0. The van der Waals surface area contributed by atoms with Gasteiger partial charge in [-0.15, -0.1) is 0 Å². The van der Waals surface area contributed by atoms with Crippen molar-refractivity contribution in [1.29, 1.82) is 0 Å². The summed E-state index contributed by atoms with van der Waals surface area (Å²) < 4.78 is 0. The second-order valence-electron chi connectivity index (χ2n) is 4.73. The molecule has 3 heteroatoms. The van der Waals surface area contributed by atoms with Crippen molar-refractivity contribution in [3.8, 4) is 0 Å². The Bertz CT molecular complexity index is 361. The van der Waals surface area contributed by atoms with Gasteiger partial charge in [-0.3, -0.25) is 4.90 Å². The highest BCUT2D eigenvalue weighted by molar-refractivity contribution is 6.36. The molecule has 1 aromatic rings. The summed E-state index contributed by atoms with van der Waals surface area (Å²) in [5.74, 6) is 0. The molecule has 0 amide bonds. The molecule has 1 aliphatic heterocycles. The molecule has 0 bridgehead atoms. The predicted octanol–water partition coefficient (Wildman–Crippen LogP) is 4.54. The van der Waals surface area contributed by atoms with Crippen LogP contribution in [0.1, 0.15) is 37.3 Å². The van der Waals surface area contributed by atoms with Crippen LogP contribution in [0.15, 0.2) is 12.1 Å². The number of rotatable bonds is 3. The highest BCUT2D eigenvalue weighted by atomic mass is 35.5. The van der Waals surface area contributed by atoms with Gasteiger partial charge in [0.05, 0.1) is 0 Å². The molecule has 2 rings (SSSR count). The lowest BCUT2D eigenvalue weighted by molar-refractivity contribution is 0.221. The predicted molar refractivity (Wildman–Crippen MR) is 75.0 cm³/mol. The molecule has 0 N–H and O–H groups in total. The summed E-state index contributed by atoms with van der Waals surface area (Å²) in [4.78, 5) is 2.48. The number of nitrogens with zero attached hydrogens (tertiary/aromatic N) is 1. The van der Waals surface area contributed by atoms with E-state index < -0.39 is 0 Å². The van der Waals surface area contributed by atoms with Crippen LogP contribution in [0.25, 0.3) is 0 Å². The summed E-state index contributed by atoms with van der Waals surface area (Å²) in [5.41, 5.74) is 2.30. The number of likely N-dealkylation sites (tertiary alicyclic amines) is 1. The Morgan fingerprint density at radius 1 is 1.06 bits per heavy atom. The maximum atomic E-state index is 6.25. The highest BCUT2D eigenvalue weighted by Crippen LogP contribution is 2.28. The standard InChI is InChI=1S/C14H19Cl2N/c1-2-12-13(15)8-11(9-14(12)16)10-17-6-4-3-5-7-17/h8-9H,2-7,10H2,1H3. The van der Waals surface area contributed by atoms with E-state index in [4.69, 9.17) is 23.2 Å². The first-order chi connectivity index (χ1) is 8.20.